The van der Waals surface area contributed by atoms with Gasteiger partial charge in [0.15, 0.2) is 0 Å². The van der Waals surface area contributed by atoms with Gasteiger partial charge in [0.25, 0.3) is 5.91 Å². The molecule has 0 bridgehead atoms. The van der Waals surface area contributed by atoms with Gasteiger partial charge in [0.05, 0.1) is 11.3 Å². The van der Waals surface area contributed by atoms with Crippen molar-refractivity contribution in [3.8, 4) is 0 Å². The van der Waals surface area contributed by atoms with Gasteiger partial charge >= 0.3 is 0 Å². The molecule has 6 nitrogen and oxygen atoms in total. The van der Waals surface area contributed by atoms with Crippen molar-refractivity contribution in [1.82, 2.24) is 10.0 Å². The molecule has 106 valence electrons. The fraction of sp³-hybridized carbons (Fsp3) is 0.364. The second-order valence-corrected chi connectivity index (χ2v) is 6.65. The normalized spacial score (nSPS) is 11.3. The van der Waals surface area contributed by atoms with Crippen LogP contribution in [-0.4, -0.2) is 33.2 Å². The highest BCUT2D eigenvalue weighted by Gasteiger charge is 2.12. The standard InChI is InChI=1S/C11H16BrN3O3S/c1-2-15-19(17,18)6-5-14-11(16)9-7-8(12)3-4-10(9)13/h3-4,7,15H,2,5-6,13H2,1H3,(H,14,16). The highest BCUT2D eigenvalue weighted by Crippen LogP contribution is 2.18. The lowest BCUT2D eigenvalue weighted by molar-refractivity contribution is 0.0957. The molecule has 0 saturated carbocycles. The van der Waals surface area contributed by atoms with E-state index in [-0.39, 0.29) is 12.3 Å². The molecule has 0 aliphatic carbocycles. The first kappa shape index (κ1) is 15.9. The summed E-state index contributed by atoms with van der Waals surface area (Å²) in [5.41, 5.74) is 6.34. The Morgan fingerprint density at radius 2 is 2.11 bits per heavy atom. The van der Waals surface area contributed by atoms with E-state index in [1.165, 1.54) is 0 Å². The molecule has 19 heavy (non-hydrogen) atoms. The van der Waals surface area contributed by atoms with Crippen LogP contribution in [-0.2, 0) is 10.0 Å². The molecule has 0 radical (unpaired) electrons. The molecular weight excluding hydrogens is 334 g/mol. The number of sulfonamides is 1. The minimum Gasteiger partial charge on any atom is -0.398 e. The van der Waals surface area contributed by atoms with E-state index in [4.69, 9.17) is 5.73 Å². The summed E-state index contributed by atoms with van der Waals surface area (Å²) in [7, 11) is -3.33. The number of anilines is 1. The number of amides is 1. The van der Waals surface area contributed by atoms with E-state index >= 15 is 0 Å². The second kappa shape index (κ2) is 6.88. The number of nitrogen functional groups attached to an aromatic ring is 1. The number of carbonyl (C=O) groups is 1. The average molecular weight is 350 g/mol. The lowest BCUT2D eigenvalue weighted by atomic mass is 10.2. The predicted molar refractivity (Wildman–Crippen MR) is 78.4 cm³/mol. The number of benzene rings is 1. The number of rotatable bonds is 6. The summed E-state index contributed by atoms with van der Waals surface area (Å²) in [6, 6.07) is 4.92. The molecule has 0 fully saturated rings. The molecule has 8 heteroatoms. The summed E-state index contributed by atoms with van der Waals surface area (Å²) >= 11 is 3.24. The smallest absolute Gasteiger partial charge is 0.253 e. The van der Waals surface area contributed by atoms with Crippen LogP contribution in [0.5, 0.6) is 0 Å². The Balaban J connectivity index is 2.59. The van der Waals surface area contributed by atoms with E-state index in [0.717, 1.165) is 4.47 Å². The van der Waals surface area contributed by atoms with Crippen LogP contribution in [0.2, 0.25) is 0 Å². The van der Waals surface area contributed by atoms with E-state index in [1.54, 1.807) is 25.1 Å². The summed E-state index contributed by atoms with van der Waals surface area (Å²) in [6.45, 7) is 2.05. The first-order valence-corrected chi connectivity index (χ1v) is 8.11. The van der Waals surface area contributed by atoms with E-state index in [9.17, 15) is 13.2 Å². The summed E-state index contributed by atoms with van der Waals surface area (Å²) in [6.07, 6.45) is 0. The molecule has 0 saturated heterocycles. The van der Waals surface area contributed by atoms with Gasteiger partial charge < -0.3 is 11.1 Å². The third-order valence-electron chi connectivity index (χ3n) is 2.28. The van der Waals surface area contributed by atoms with E-state index in [0.29, 0.717) is 17.8 Å². The Hall–Kier alpha value is -1.12. The van der Waals surface area contributed by atoms with Crippen LogP contribution in [0.15, 0.2) is 22.7 Å². The van der Waals surface area contributed by atoms with Crippen molar-refractivity contribution in [3.05, 3.63) is 28.2 Å². The van der Waals surface area contributed by atoms with Gasteiger partial charge in [-0.15, -0.1) is 0 Å². The maximum absolute atomic E-state index is 11.8. The topological polar surface area (TPSA) is 101 Å². The van der Waals surface area contributed by atoms with E-state index in [1.807, 2.05) is 0 Å². The van der Waals surface area contributed by atoms with Crippen LogP contribution < -0.4 is 15.8 Å². The molecule has 0 aliphatic rings. The van der Waals surface area contributed by atoms with Crippen molar-refractivity contribution < 1.29 is 13.2 Å². The summed E-state index contributed by atoms with van der Waals surface area (Å²) in [5.74, 6) is -0.564. The SMILES string of the molecule is CCNS(=O)(=O)CCNC(=O)c1cc(Br)ccc1N. The van der Waals surface area contributed by atoms with Gasteiger partial charge in [-0.05, 0) is 18.2 Å². The van der Waals surface area contributed by atoms with Crippen LogP contribution in [0.1, 0.15) is 17.3 Å². The first-order valence-electron chi connectivity index (χ1n) is 5.66. The maximum atomic E-state index is 11.8. The number of halogens is 1. The monoisotopic (exact) mass is 349 g/mol. The predicted octanol–water partition coefficient (Wildman–Crippen LogP) is 0.700. The number of carbonyl (C=O) groups excluding carboxylic acids is 1. The Morgan fingerprint density at radius 3 is 2.74 bits per heavy atom. The summed E-state index contributed by atoms with van der Waals surface area (Å²) in [4.78, 5) is 11.8. The zero-order chi connectivity index (χ0) is 14.5. The molecule has 0 aliphatic heterocycles. The van der Waals surface area contributed by atoms with Crippen LogP contribution in [0.3, 0.4) is 0 Å². The van der Waals surface area contributed by atoms with Crippen molar-refractivity contribution in [2.45, 2.75) is 6.92 Å². The number of nitrogens with one attached hydrogen (secondary N) is 2. The molecule has 0 atom stereocenters. The largest absolute Gasteiger partial charge is 0.398 e. The Morgan fingerprint density at radius 1 is 1.42 bits per heavy atom. The molecule has 4 N–H and O–H groups in total. The Labute approximate surface area is 120 Å². The number of hydrogen-bond acceptors (Lipinski definition) is 4. The second-order valence-electron chi connectivity index (χ2n) is 3.80. The van der Waals surface area contributed by atoms with Crippen molar-refractivity contribution in [2.75, 3.05) is 24.6 Å². The zero-order valence-corrected chi connectivity index (χ0v) is 12.8. The molecule has 1 aromatic rings. The van der Waals surface area contributed by atoms with Gasteiger partial charge in [-0.1, -0.05) is 22.9 Å². The average Bonchev–Trinajstić information content (AvgIpc) is 2.31. The molecule has 0 aromatic heterocycles. The zero-order valence-electron chi connectivity index (χ0n) is 10.4. The van der Waals surface area contributed by atoms with Crippen molar-refractivity contribution in [2.24, 2.45) is 0 Å². The minimum atomic E-state index is -3.33. The van der Waals surface area contributed by atoms with Gasteiger partial charge in [0.2, 0.25) is 10.0 Å². The molecule has 0 spiro atoms. The van der Waals surface area contributed by atoms with Gasteiger partial charge in [-0.25, -0.2) is 13.1 Å². The number of nitrogens with two attached hydrogens (primary N) is 1. The first-order chi connectivity index (χ1) is 8.85. The molecular formula is C11H16BrN3O3S. The van der Waals surface area contributed by atoms with E-state index < -0.39 is 15.9 Å². The lowest BCUT2D eigenvalue weighted by Crippen LogP contribution is -2.34. The lowest BCUT2D eigenvalue weighted by Gasteiger charge is -2.08. The highest BCUT2D eigenvalue weighted by molar-refractivity contribution is 9.10. The van der Waals surface area contributed by atoms with Gasteiger partial charge in [-0.3, -0.25) is 4.79 Å². The quantitative estimate of drug-likeness (QED) is 0.658. The molecule has 1 rings (SSSR count). The molecule has 0 heterocycles. The molecule has 1 amide bonds. The van der Waals surface area contributed by atoms with Crippen molar-refractivity contribution >= 4 is 37.5 Å². The fourth-order valence-corrected chi connectivity index (χ4v) is 2.73. The highest BCUT2D eigenvalue weighted by atomic mass is 79.9. The minimum absolute atomic E-state index is 0.0279. The third-order valence-corrected chi connectivity index (χ3v) is 4.24. The van der Waals surface area contributed by atoms with Crippen LogP contribution in [0.4, 0.5) is 5.69 Å². The van der Waals surface area contributed by atoms with Crippen LogP contribution >= 0.6 is 15.9 Å². The van der Waals surface area contributed by atoms with Crippen LogP contribution in [0.25, 0.3) is 0 Å². The molecule has 0 unspecified atom stereocenters. The summed E-state index contributed by atoms with van der Waals surface area (Å²) < 4.78 is 25.8. The maximum Gasteiger partial charge on any atom is 0.253 e. The third kappa shape index (κ3) is 5.17. The van der Waals surface area contributed by atoms with Crippen molar-refractivity contribution in [1.29, 1.82) is 0 Å². The van der Waals surface area contributed by atoms with Crippen LogP contribution in [0, 0.1) is 0 Å². The van der Waals surface area contributed by atoms with Crippen molar-refractivity contribution in [3.63, 3.8) is 0 Å². The Bertz CT molecular complexity index is 560. The number of hydrogen-bond donors (Lipinski definition) is 3. The Kier molecular flexibility index (Phi) is 5.77. The molecule has 1 aromatic carbocycles. The van der Waals surface area contributed by atoms with Gasteiger partial charge in [0, 0.05) is 23.2 Å². The van der Waals surface area contributed by atoms with E-state index in [2.05, 4.69) is 26.0 Å². The summed E-state index contributed by atoms with van der Waals surface area (Å²) in [5, 5.41) is 2.52. The fourth-order valence-electron chi connectivity index (χ4n) is 1.41. The van der Waals surface area contributed by atoms with Gasteiger partial charge in [-0.2, -0.15) is 0 Å². The van der Waals surface area contributed by atoms with Gasteiger partial charge in [0.1, 0.15) is 0 Å².